The molecule has 0 aromatic heterocycles. The fourth-order valence-corrected chi connectivity index (χ4v) is 19.2. The molecule has 129 valence electrons. The van der Waals surface area contributed by atoms with E-state index in [4.69, 9.17) is 0 Å². The molecular formula is C21H32NSiTi. The van der Waals surface area contributed by atoms with Gasteiger partial charge in [-0.15, -0.1) is 0 Å². The molecule has 0 heterocycles. The van der Waals surface area contributed by atoms with Crippen LogP contribution in [0.25, 0.3) is 11.1 Å². The molecule has 0 fully saturated rings. The van der Waals surface area contributed by atoms with E-state index in [1.165, 1.54) is 16.7 Å². The quantitative estimate of drug-likeness (QED) is 0.639. The van der Waals surface area contributed by atoms with Crippen molar-refractivity contribution in [2.24, 2.45) is 0 Å². The van der Waals surface area contributed by atoms with E-state index in [-0.39, 0.29) is 5.54 Å². The molecule has 0 saturated heterocycles. The summed E-state index contributed by atoms with van der Waals surface area (Å²) in [5, 5.41) is 5.27. The monoisotopic (exact) mass is 374 g/mol. The van der Waals surface area contributed by atoms with Crippen LogP contribution in [0, 0.1) is 0 Å². The van der Waals surface area contributed by atoms with E-state index in [1.54, 1.807) is 9.43 Å². The molecule has 1 nitrogen and oxygen atoms in total. The van der Waals surface area contributed by atoms with Crippen molar-refractivity contribution in [3.8, 4) is 11.1 Å². The van der Waals surface area contributed by atoms with Gasteiger partial charge in [0.25, 0.3) is 0 Å². The Morgan fingerprint density at radius 1 is 0.917 bits per heavy atom. The first kappa shape index (κ1) is 18.1. The van der Waals surface area contributed by atoms with Gasteiger partial charge in [-0.2, -0.15) is 0 Å². The van der Waals surface area contributed by atoms with Crippen molar-refractivity contribution in [2.75, 3.05) is 0 Å². The minimum atomic E-state index is -2.97. The van der Waals surface area contributed by atoms with Crippen LogP contribution in [0.2, 0.25) is 23.6 Å². The van der Waals surface area contributed by atoms with Gasteiger partial charge < -0.3 is 0 Å². The number of hydrogen-bond donors (Lipinski definition) is 1. The maximum absolute atomic E-state index is 4.23. The minimum absolute atomic E-state index is 0.159. The summed E-state index contributed by atoms with van der Waals surface area (Å²) in [6, 6.07) is 16.0. The van der Waals surface area contributed by atoms with E-state index in [2.05, 4.69) is 90.6 Å². The average molecular weight is 374 g/mol. The van der Waals surface area contributed by atoms with Crippen molar-refractivity contribution >= 4 is 10.5 Å². The van der Waals surface area contributed by atoms with E-state index in [1.807, 2.05) is 0 Å². The predicted octanol–water partition coefficient (Wildman–Crippen LogP) is 4.96. The van der Waals surface area contributed by atoms with Gasteiger partial charge in [-0.3, -0.25) is 0 Å². The third-order valence-electron chi connectivity index (χ3n) is 6.17. The van der Waals surface area contributed by atoms with E-state index in [0.29, 0.717) is 0 Å². The SMILES string of the molecule is C[SiH](C)[Ti]([CH3])([CH3])([NH]C(C)(C)C)[c]1cccc2c1Cc1ccccc1-2. The number of nitrogens with one attached hydrogen (secondary N) is 1. The normalized spacial score (nSPS) is 15.8. The Morgan fingerprint density at radius 3 is 2.17 bits per heavy atom. The third kappa shape index (κ3) is 2.88. The molecule has 0 radical (unpaired) electrons. The van der Waals surface area contributed by atoms with Crippen molar-refractivity contribution in [3.05, 3.63) is 53.6 Å². The summed E-state index contributed by atoms with van der Waals surface area (Å²) >= 11 is -2.97. The van der Waals surface area contributed by atoms with E-state index in [0.717, 1.165) is 6.42 Å². The zero-order valence-electron chi connectivity index (χ0n) is 16.3. The first-order valence-electron chi connectivity index (χ1n) is 9.22. The zero-order chi connectivity index (χ0) is 17.8. The van der Waals surface area contributed by atoms with Crippen LogP contribution in [0.4, 0.5) is 0 Å². The zero-order valence-corrected chi connectivity index (χ0v) is 19.0. The Labute approximate surface area is 149 Å². The number of benzene rings is 2. The van der Waals surface area contributed by atoms with Crippen LogP contribution in [0.3, 0.4) is 0 Å². The van der Waals surface area contributed by atoms with Crippen LogP contribution >= 0.6 is 0 Å². The van der Waals surface area contributed by atoms with Gasteiger partial charge in [-0.25, -0.2) is 0 Å². The van der Waals surface area contributed by atoms with E-state index < -0.39 is 21.5 Å². The molecule has 0 atom stereocenters. The molecule has 2 aromatic rings. The first-order valence-corrected chi connectivity index (χ1v) is 19.5. The Bertz CT molecular complexity index is 787. The van der Waals surface area contributed by atoms with Crippen molar-refractivity contribution < 1.29 is 14.8 Å². The molecule has 0 unspecified atom stereocenters. The Morgan fingerprint density at radius 2 is 1.54 bits per heavy atom. The van der Waals surface area contributed by atoms with Crippen LogP contribution in [-0.2, 0) is 21.2 Å². The summed E-state index contributed by atoms with van der Waals surface area (Å²) in [6.45, 7) is 11.2. The fourth-order valence-electron chi connectivity index (χ4n) is 4.55. The van der Waals surface area contributed by atoms with Crippen molar-refractivity contribution in [2.45, 2.75) is 56.3 Å². The summed E-state index contributed by atoms with van der Waals surface area (Å²) < 4.78 is 5.93. The standard InChI is InChI=1S/C13H9.C4H10N.C2H7Si.2CH3.Ti/c1-3-7-12-10(5-1)9-11-6-2-4-8-13(11)12;1-4(2,3)5;1-3-2;;;/h1-5,7-8H,9H2;5H,1-3H3;3H,1-2H3;2*1H3;/q;-1;;;;+1. The van der Waals surface area contributed by atoms with Gasteiger partial charge in [0.2, 0.25) is 0 Å². The van der Waals surface area contributed by atoms with Gasteiger partial charge in [-0.05, 0) is 0 Å². The molecule has 0 aliphatic heterocycles. The van der Waals surface area contributed by atoms with Gasteiger partial charge in [0, 0.05) is 0 Å². The number of rotatable bonds is 3. The molecule has 2 aromatic carbocycles. The maximum atomic E-state index is 4.23. The molecule has 1 aliphatic carbocycles. The average Bonchev–Trinajstić information content (AvgIpc) is 2.83. The second-order valence-electron chi connectivity index (χ2n) is 9.69. The summed E-state index contributed by atoms with van der Waals surface area (Å²) in [5.74, 6) is 0. The van der Waals surface area contributed by atoms with Crippen LogP contribution in [0.5, 0.6) is 0 Å². The molecule has 1 aliphatic rings. The topological polar surface area (TPSA) is 12.0 Å². The van der Waals surface area contributed by atoms with Crippen LogP contribution in [0.1, 0.15) is 31.9 Å². The molecule has 0 bridgehead atoms. The van der Waals surface area contributed by atoms with Crippen LogP contribution in [-0.4, -0.2) is 12.2 Å². The summed E-state index contributed by atoms with van der Waals surface area (Å²) in [4.78, 5) is 0. The second kappa shape index (κ2) is 5.67. The van der Waals surface area contributed by atoms with Gasteiger partial charge in [0.1, 0.15) is 0 Å². The van der Waals surface area contributed by atoms with Crippen LogP contribution in [0.15, 0.2) is 42.5 Å². The predicted molar refractivity (Wildman–Crippen MR) is 108 cm³/mol. The van der Waals surface area contributed by atoms with E-state index in [9.17, 15) is 0 Å². The van der Waals surface area contributed by atoms with Gasteiger partial charge >= 0.3 is 150 Å². The molecule has 1 N–H and O–H groups in total. The fraction of sp³-hybridized carbons (Fsp3) is 0.429. The molecule has 24 heavy (non-hydrogen) atoms. The van der Waals surface area contributed by atoms with Crippen molar-refractivity contribution in [1.29, 1.82) is 0 Å². The Hall–Kier alpha value is -0.669. The number of fused-ring (bicyclic) bond motifs is 3. The second-order valence-corrected chi connectivity index (χ2v) is 33.6. The van der Waals surface area contributed by atoms with Crippen LogP contribution < -0.4 is 7.67 Å². The molecule has 3 heteroatoms. The Balaban J connectivity index is 2.23. The summed E-state index contributed by atoms with van der Waals surface area (Å²) in [5.41, 5.74) is 6.19. The third-order valence-corrected chi connectivity index (χ3v) is 33.4. The van der Waals surface area contributed by atoms with E-state index >= 15 is 0 Å². The first-order chi connectivity index (χ1) is 11.0. The van der Waals surface area contributed by atoms with Gasteiger partial charge in [0.05, 0.1) is 0 Å². The molecule has 0 saturated carbocycles. The number of hydrogen-bond acceptors (Lipinski definition) is 1. The molecular weight excluding hydrogens is 342 g/mol. The summed E-state index contributed by atoms with van der Waals surface area (Å²) in [6.07, 6.45) is 1.11. The van der Waals surface area contributed by atoms with Gasteiger partial charge in [-0.1, -0.05) is 0 Å². The summed E-state index contributed by atoms with van der Waals surface area (Å²) in [7, 11) is 0. The molecule has 0 spiro atoms. The molecule has 3 rings (SSSR count). The Kier molecular flexibility index (Phi) is 4.28. The van der Waals surface area contributed by atoms with Crippen molar-refractivity contribution in [3.63, 3.8) is 0 Å². The van der Waals surface area contributed by atoms with Crippen molar-refractivity contribution in [1.82, 2.24) is 3.80 Å². The van der Waals surface area contributed by atoms with Gasteiger partial charge in [0.15, 0.2) is 0 Å². The molecule has 0 amide bonds.